The predicted molar refractivity (Wildman–Crippen MR) is 165 cm³/mol. The van der Waals surface area contributed by atoms with E-state index in [-0.39, 0.29) is 57.1 Å². The van der Waals surface area contributed by atoms with Gasteiger partial charge in [-0.15, -0.1) is 0 Å². The van der Waals surface area contributed by atoms with Gasteiger partial charge in [0.25, 0.3) is 0 Å². The molecule has 0 N–H and O–H groups in total. The van der Waals surface area contributed by atoms with Crippen LogP contribution < -0.4 is 20.4 Å². The van der Waals surface area contributed by atoms with Gasteiger partial charge in [-0.2, -0.15) is 0 Å². The molecule has 0 aliphatic heterocycles. The van der Waals surface area contributed by atoms with Crippen LogP contribution in [0.4, 0.5) is 0 Å². The summed E-state index contributed by atoms with van der Waals surface area (Å²) in [4.78, 5) is 15.9. The predicted octanol–water partition coefficient (Wildman–Crippen LogP) is 5.23. The first-order chi connectivity index (χ1) is 21.5. The molecule has 8 rings (SSSR count). The van der Waals surface area contributed by atoms with E-state index in [9.17, 15) is 20.4 Å². The summed E-state index contributed by atoms with van der Waals surface area (Å²) in [6.07, 6.45) is 6.51. The number of rotatable bonds is 0. The Morgan fingerprint density at radius 1 is 0.283 bits per heavy atom. The van der Waals surface area contributed by atoms with Gasteiger partial charge >= 0.3 is 34.1 Å². The summed E-state index contributed by atoms with van der Waals surface area (Å²) in [7, 11) is 0. The van der Waals surface area contributed by atoms with E-state index in [4.69, 9.17) is 0 Å². The second-order valence-corrected chi connectivity index (χ2v) is 9.33. The van der Waals surface area contributed by atoms with Gasteiger partial charge in [0.1, 0.15) is 0 Å². The molecule has 8 aromatic rings. The number of pyridine rings is 4. The van der Waals surface area contributed by atoms with Crippen molar-refractivity contribution in [2.75, 3.05) is 0 Å². The average Bonchev–Trinajstić information content (AvgIpc) is 3.07. The van der Waals surface area contributed by atoms with Gasteiger partial charge < -0.3 is 20.4 Å². The van der Waals surface area contributed by atoms with E-state index in [1.165, 1.54) is 24.3 Å². The minimum atomic E-state index is -0.0110. The number of hydrogen-bond acceptors (Lipinski definition) is 8. The van der Waals surface area contributed by atoms with E-state index >= 15 is 0 Å². The molecule has 0 unspecified atom stereocenters. The molecule has 4 aromatic carbocycles. The van der Waals surface area contributed by atoms with E-state index in [0.717, 1.165) is 21.5 Å². The first-order valence-electron chi connectivity index (χ1n) is 13.5. The Balaban J connectivity index is 0.000000165. The van der Waals surface area contributed by atoms with Gasteiger partial charge in [0, 0.05) is 24.8 Å². The third-order valence-electron chi connectivity index (χ3n) is 6.38. The van der Waals surface area contributed by atoms with Crippen LogP contribution in [-0.4, -0.2) is 19.9 Å². The molecule has 4 aromatic heterocycles. The summed E-state index contributed by atoms with van der Waals surface area (Å²) in [6, 6.07) is 35.4. The molecule has 0 saturated carbocycles. The average molecular weight is 704 g/mol. The maximum atomic E-state index is 11.1. The Morgan fingerprint density at radius 3 is 0.674 bits per heavy atom. The molecule has 46 heavy (non-hydrogen) atoms. The molecular weight excluding hydrogens is 680 g/mol. The van der Waals surface area contributed by atoms with E-state index in [1.807, 2.05) is 72.8 Å². The molecule has 0 aliphatic carbocycles. The molecule has 0 bridgehead atoms. The van der Waals surface area contributed by atoms with Crippen LogP contribution in [0.25, 0.3) is 43.6 Å². The largest absolute Gasteiger partial charge is 2.00 e. The van der Waals surface area contributed by atoms with Gasteiger partial charge in [0.15, 0.2) is 0 Å². The van der Waals surface area contributed by atoms with E-state index in [1.54, 1.807) is 49.1 Å². The third kappa shape index (κ3) is 8.91. The van der Waals surface area contributed by atoms with Gasteiger partial charge in [-0.1, -0.05) is 120 Å². The molecule has 0 aliphatic rings. The van der Waals surface area contributed by atoms with Crippen molar-refractivity contribution in [3.63, 3.8) is 0 Å². The van der Waals surface area contributed by atoms with Crippen LogP contribution in [-0.2, 0) is 34.1 Å². The molecule has 2 radical (unpaired) electrons. The molecule has 8 nitrogen and oxygen atoms in total. The van der Waals surface area contributed by atoms with Crippen molar-refractivity contribution in [2.24, 2.45) is 0 Å². The Kier molecular flexibility index (Phi) is 13.3. The van der Waals surface area contributed by atoms with Crippen LogP contribution in [0.5, 0.6) is 23.0 Å². The first-order valence-corrected chi connectivity index (χ1v) is 13.5. The summed E-state index contributed by atoms with van der Waals surface area (Å²) < 4.78 is 0. The van der Waals surface area contributed by atoms with Crippen molar-refractivity contribution < 1.29 is 54.6 Å². The maximum absolute atomic E-state index is 11.1. The fourth-order valence-corrected chi connectivity index (χ4v) is 4.30. The zero-order chi connectivity index (χ0) is 30.7. The van der Waals surface area contributed by atoms with Gasteiger partial charge in [-0.3, -0.25) is 19.9 Å². The fraction of sp³-hybridized carbons (Fsp3) is 0. The Labute approximate surface area is 286 Å². The van der Waals surface area contributed by atoms with Crippen molar-refractivity contribution in [3.8, 4) is 23.0 Å². The van der Waals surface area contributed by atoms with E-state index in [0.29, 0.717) is 22.1 Å². The van der Waals surface area contributed by atoms with Crippen molar-refractivity contribution in [3.05, 3.63) is 146 Å². The quantitative estimate of drug-likeness (QED) is 0.196. The van der Waals surface area contributed by atoms with Crippen LogP contribution in [0.1, 0.15) is 0 Å². The molecule has 0 fully saturated rings. The van der Waals surface area contributed by atoms with Crippen molar-refractivity contribution in [1.29, 1.82) is 0 Å². The molecule has 0 amide bonds. The smallest absolute Gasteiger partial charge is 0.871 e. The molecule has 10 heteroatoms. The van der Waals surface area contributed by atoms with Crippen molar-refractivity contribution >= 4 is 43.6 Å². The Hall–Kier alpha value is -5.24. The molecule has 0 saturated heterocycles. The summed E-state index contributed by atoms with van der Waals surface area (Å²) in [5.74, 6) is -0.0441. The first kappa shape index (κ1) is 35.2. The molecular formula is C36H24Cu2N4O4. The zero-order valence-electron chi connectivity index (χ0n) is 23.9. The van der Waals surface area contributed by atoms with Gasteiger partial charge in [-0.05, 0) is 45.8 Å². The van der Waals surface area contributed by atoms with E-state index < -0.39 is 0 Å². The molecule has 4 heterocycles. The maximum Gasteiger partial charge on any atom is 2.00 e. The number of nitrogens with zero attached hydrogens (tertiary/aromatic N) is 4. The minimum Gasteiger partial charge on any atom is -0.871 e. The normalized spacial score (nSPS) is 9.74. The Bertz CT molecular complexity index is 1840. The molecule has 0 atom stereocenters. The molecule has 0 spiro atoms. The Morgan fingerprint density at radius 2 is 0.478 bits per heavy atom. The summed E-state index contributed by atoms with van der Waals surface area (Å²) >= 11 is 0. The zero-order valence-corrected chi connectivity index (χ0v) is 25.8. The van der Waals surface area contributed by atoms with Gasteiger partial charge in [0.2, 0.25) is 0 Å². The minimum absolute atomic E-state index is 0. The SMILES string of the molecule is [Cu+2].[Cu+2].[O-]c1cccc2cccnc12.[O-]c1cccc2cccnc12.[O-]c1cccc2cccnc12.[O-]c1cccc2cccnc12. The van der Waals surface area contributed by atoms with Gasteiger partial charge in [0.05, 0.1) is 22.1 Å². The summed E-state index contributed by atoms with van der Waals surface area (Å²) in [6.45, 7) is 0. The van der Waals surface area contributed by atoms with Crippen molar-refractivity contribution in [2.45, 2.75) is 0 Å². The number of aromatic nitrogens is 4. The number of hydrogen-bond donors (Lipinski definition) is 0. The second-order valence-electron chi connectivity index (χ2n) is 9.33. The number of para-hydroxylation sites is 4. The van der Waals surface area contributed by atoms with Crippen LogP contribution in [0.2, 0.25) is 0 Å². The van der Waals surface area contributed by atoms with Crippen LogP contribution >= 0.6 is 0 Å². The van der Waals surface area contributed by atoms with Gasteiger partial charge in [-0.25, -0.2) is 0 Å². The van der Waals surface area contributed by atoms with Crippen LogP contribution in [0.3, 0.4) is 0 Å². The third-order valence-corrected chi connectivity index (χ3v) is 6.38. The summed E-state index contributed by atoms with van der Waals surface area (Å²) in [5, 5.41) is 48.1. The van der Waals surface area contributed by atoms with Crippen molar-refractivity contribution in [1.82, 2.24) is 19.9 Å². The second kappa shape index (κ2) is 17.3. The van der Waals surface area contributed by atoms with Crippen LogP contribution in [0.15, 0.2) is 146 Å². The van der Waals surface area contributed by atoms with E-state index in [2.05, 4.69) is 19.9 Å². The topological polar surface area (TPSA) is 144 Å². The van der Waals surface area contributed by atoms with Crippen LogP contribution in [0, 0.1) is 0 Å². The fourth-order valence-electron chi connectivity index (χ4n) is 4.30. The standard InChI is InChI=1S/4C9H7NO.2Cu/c4*11-8-5-1-3-7-4-2-6-10-9(7)8;;/h4*1-6,11H;;/q;;;;2*+2/p-4. The number of benzene rings is 4. The monoisotopic (exact) mass is 702 g/mol. The number of fused-ring (bicyclic) bond motifs is 4. The summed E-state index contributed by atoms with van der Waals surface area (Å²) in [5.41, 5.74) is 2.20. The molecule has 234 valence electrons.